The fraction of sp³-hybridized carbons (Fsp3) is 0.188. The Bertz CT molecular complexity index is 1080. The average molecular weight is 492 g/mol. The third kappa shape index (κ3) is 6.46. The van der Waals surface area contributed by atoms with Gasteiger partial charge in [-0.25, -0.2) is 15.0 Å². The van der Waals surface area contributed by atoms with Gasteiger partial charge in [0.1, 0.15) is 10.3 Å². The van der Waals surface area contributed by atoms with Crippen molar-refractivity contribution >= 4 is 63.3 Å². The van der Waals surface area contributed by atoms with Gasteiger partial charge in [0.05, 0.1) is 21.4 Å². The summed E-state index contributed by atoms with van der Waals surface area (Å²) in [7, 11) is 1.74. The number of halogens is 3. The second kappa shape index (κ2) is 10.4. The molecule has 0 aromatic carbocycles. The first-order chi connectivity index (χ1) is 14.1. The molecule has 0 N–H and O–H groups in total. The summed E-state index contributed by atoms with van der Waals surface area (Å²) in [5.41, 5.74) is -0.302. The van der Waals surface area contributed by atoms with E-state index in [4.69, 9.17) is 34.8 Å². The molecular weight excluding hydrogens is 479 g/mol. The lowest BCUT2D eigenvalue weighted by atomic mass is 10.3. The van der Waals surface area contributed by atoms with E-state index in [1.54, 1.807) is 29.5 Å². The van der Waals surface area contributed by atoms with Crippen molar-refractivity contribution < 1.29 is 9.85 Å². The first-order valence-corrected chi connectivity index (χ1v) is 9.93. The van der Waals surface area contributed by atoms with Crippen LogP contribution in [0.2, 0.25) is 15.5 Å². The van der Waals surface area contributed by atoms with Gasteiger partial charge in [-0.15, -0.1) is 11.3 Å². The number of thiazole rings is 1. The molecule has 3 aromatic rings. The molecule has 0 atom stereocenters. The van der Waals surface area contributed by atoms with Crippen LogP contribution in [0.25, 0.3) is 0 Å². The van der Waals surface area contributed by atoms with E-state index >= 15 is 0 Å². The summed E-state index contributed by atoms with van der Waals surface area (Å²) < 4.78 is 0. The van der Waals surface area contributed by atoms with Gasteiger partial charge in [0, 0.05) is 30.3 Å². The molecule has 0 amide bonds. The second-order valence-electron chi connectivity index (χ2n) is 5.64. The minimum absolute atomic E-state index is 0.0619. The van der Waals surface area contributed by atoms with Crippen molar-refractivity contribution in [2.75, 3.05) is 11.9 Å². The zero-order chi connectivity index (χ0) is 22.4. The molecule has 0 fully saturated rings. The minimum atomic E-state index is -0.619. The summed E-state index contributed by atoms with van der Waals surface area (Å²) >= 11 is 18.1. The standard InChI is InChI=1S/C11H11ClN4O2S.C5H2Cl2N2O2/c1-7-13-5-8(19-7)6-15(2)11-9(16(17)18)3-4-10(12)14-11;6-4-2-1-3(9(10)11)5(7)8-4/h3-5H,6H2,1-2H3;1-2H. The molecule has 0 bridgehead atoms. The molecule has 0 saturated heterocycles. The van der Waals surface area contributed by atoms with Crippen molar-refractivity contribution in [3.8, 4) is 0 Å². The summed E-state index contributed by atoms with van der Waals surface area (Å²) in [4.78, 5) is 34.4. The van der Waals surface area contributed by atoms with Gasteiger partial charge in [0.25, 0.3) is 0 Å². The van der Waals surface area contributed by atoms with E-state index < -0.39 is 9.85 Å². The van der Waals surface area contributed by atoms with Crippen LogP contribution in [0.5, 0.6) is 0 Å². The number of rotatable bonds is 5. The Labute approximate surface area is 189 Å². The maximum Gasteiger partial charge on any atom is 0.311 e. The van der Waals surface area contributed by atoms with Gasteiger partial charge in [0.2, 0.25) is 11.0 Å². The molecule has 0 radical (unpaired) electrons. The Morgan fingerprint density at radius 1 is 1.00 bits per heavy atom. The van der Waals surface area contributed by atoms with Gasteiger partial charge in [0.15, 0.2) is 0 Å². The van der Waals surface area contributed by atoms with Gasteiger partial charge < -0.3 is 4.90 Å². The predicted octanol–water partition coefficient (Wildman–Crippen LogP) is 5.34. The highest BCUT2D eigenvalue weighted by atomic mass is 35.5. The molecule has 0 aliphatic carbocycles. The van der Waals surface area contributed by atoms with E-state index in [0.717, 1.165) is 9.88 Å². The van der Waals surface area contributed by atoms with Crippen LogP contribution in [-0.2, 0) is 6.54 Å². The highest BCUT2D eigenvalue weighted by Crippen LogP contribution is 2.28. The van der Waals surface area contributed by atoms with E-state index in [1.807, 2.05) is 6.92 Å². The zero-order valence-electron chi connectivity index (χ0n) is 15.5. The van der Waals surface area contributed by atoms with Crippen molar-refractivity contribution in [1.29, 1.82) is 0 Å². The molecule has 3 rings (SSSR count). The van der Waals surface area contributed by atoms with Crippen LogP contribution in [-0.4, -0.2) is 31.8 Å². The van der Waals surface area contributed by atoms with Crippen LogP contribution in [0.1, 0.15) is 9.88 Å². The normalized spacial score (nSPS) is 10.2. The second-order valence-corrected chi connectivity index (χ2v) is 8.09. The molecule has 0 aliphatic heterocycles. The van der Waals surface area contributed by atoms with Crippen LogP contribution < -0.4 is 4.90 Å². The highest BCUT2D eigenvalue weighted by Gasteiger charge is 2.20. The van der Waals surface area contributed by atoms with Crippen LogP contribution in [0.15, 0.2) is 30.5 Å². The maximum absolute atomic E-state index is 11.0. The number of hydrogen-bond acceptors (Lipinski definition) is 9. The molecule has 3 aromatic heterocycles. The molecule has 30 heavy (non-hydrogen) atoms. The van der Waals surface area contributed by atoms with Gasteiger partial charge in [-0.3, -0.25) is 20.2 Å². The predicted molar refractivity (Wildman–Crippen MR) is 116 cm³/mol. The molecular formula is C16H13Cl3N6O4S. The van der Waals surface area contributed by atoms with E-state index in [1.165, 1.54) is 24.3 Å². The number of aryl methyl sites for hydroxylation is 1. The molecule has 0 saturated carbocycles. The molecule has 14 heteroatoms. The maximum atomic E-state index is 11.0. The van der Waals surface area contributed by atoms with E-state index in [0.29, 0.717) is 6.54 Å². The van der Waals surface area contributed by atoms with Crippen molar-refractivity contribution in [3.05, 3.63) is 76.0 Å². The third-order valence-corrected chi connectivity index (χ3v) is 5.03. The monoisotopic (exact) mass is 490 g/mol. The first kappa shape index (κ1) is 23.7. The average Bonchev–Trinajstić information content (AvgIpc) is 3.06. The Kier molecular flexibility index (Phi) is 8.24. The van der Waals surface area contributed by atoms with Crippen LogP contribution in [0.3, 0.4) is 0 Å². The lowest BCUT2D eigenvalue weighted by Gasteiger charge is -2.16. The van der Waals surface area contributed by atoms with Gasteiger partial charge in [-0.1, -0.05) is 34.8 Å². The lowest BCUT2D eigenvalue weighted by Crippen LogP contribution is -2.18. The summed E-state index contributed by atoms with van der Waals surface area (Å²) in [6.07, 6.45) is 1.76. The molecule has 10 nitrogen and oxygen atoms in total. The number of aromatic nitrogens is 3. The summed E-state index contributed by atoms with van der Waals surface area (Å²) in [6, 6.07) is 5.29. The van der Waals surface area contributed by atoms with Crippen molar-refractivity contribution in [2.24, 2.45) is 0 Å². The molecule has 0 unspecified atom stereocenters. The van der Waals surface area contributed by atoms with E-state index in [2.05, 4.69) is 15.0 Å². The Morgan fingerprint density at radius 3 is 2.07 bits per heavy atom. The van der Waals surface area contributed by atoms with E-state index in [-0.39, 0.29) is 32.7 Å². The summed E-state index contributed by atoms with van der Waals surface area (Å²) in [6.45, 7) is 2.41. The van der Waals surface area contributed by atoms with Gasteiger partial charge in [-0.2, -0.15) is 0 Å². The number of anilines is 1. The Hall–Kier alpha value is -2.60. The molecule has 0 aliphatic rings. The number of nitrogens with zero attached hydrogens (tertiary/aromatic N) is 6. The number of hydrogen-bond donors (Lipinski definition) is 0. The van der Waals surface area contributed by atoms with Crippen LogP contribution in [0, 0.1) is 27.2 Å². The third-order valence-electron chi connectivity index (χ3n) is 3.43. The van der Waals surface area contributed by atoms with Crippen LogP contribution in [0.4, 0.5) is 17.2 Å². The van der Waals surface area contributed by atoms with Crippen molar-refractivity contribution in [2.45, 2.75) is 13.5 Å². The first-order valence-electron chi connectivity index (χ1n) is 7.98. The number of nitro groups is 2. The Balaban J connectivity index is 0.000000248. The molecule has 3 heterocycles. The van der Waals surface area contributed by atoms with Crippen LogP contribution >= 0.6 is 46.1 Å². The molecule has 0 spiro atoms. The smallest absolute Gasteiger partial charge is 0.311 e. The number of pyridine rings is 2. The van der Waals surface area contributed by atoms with Gasteiger partial charge >= 0.3 is 11.4 Å². The largest absolute Gasteiger partial charge is 0.349 e. The summed E-state index contributed by atoms with van der Waals surface area (Å²) in [5, 5.41) is 22.3. The van der Waals surface area contributed by atoms with E-state index in [9.17, 15) is 20.2 Å². The van der Waals surface area contributed by atoms with Gasteiger partial charge in [-0.05, 0) is 19.1 Å². The SMILES string of the molecule is Cc1ncc(CN(C)c2nc(Cl)ccc2[N+](=O)[O-])s1.O=[N+]([O-])c1ccc(Cl)nc1Cl. The fourth-order valence-corrected chi connectivity index (χ4v) is 3.57. The highest BCUT2D eigenvalue weighted by molar-refractivity contribution is 7.11. The topological polar surface area (TPSA) is 128 Å². The zero-order valence-corrected chi connectivity index (χ0v) is 18.5. The minimum Gasteiger partial charge on any atom is -0.349 e. The molecule has 158 valence electrons. The fourth-order valence-electron chi connectivity index (χ4n) is 2.17. The van der Waals surface area contributed by atoms with Crippen molar-refractivity contribution in [1.82, 2.24) is 15.0 Å². The van der Waals surface area contributed by atoms with Crippen molar-refractivity contribution in [3.63, 3.8) is 0 Å². The lowest BCUT2D eigenvalue weighted by molar-refractivity contribution is -0.385. The quantitative estimate of drug-likeness (QED) is 0.266. The summed E-state index contributed by atoms with van der Waals surface area (Å²) in [5.74, 6) is 0.253. The Morgan fingerprint density at radius 2 is 1.57 bits per heavy atom.